The lowest BCUT2D eigenvalue weighted by Crippen LogP contribution is -2.26. The van der Waals surface area contributed by atoms with Crippen molar-refractivity contribution in [3.05, 3.63) is 71.9 Å². The number of carbonyl (C=O) groups is 2. The molecule has 0 saturated carbocycles. The Morgan fingerprint density at radius 2 is 1.74 bits per heavy atom. The second kappa shape index (κ2) is 11.4. The quantitative estimate of drug-likeness (QED) is 0.179. The predicted octanol–water partition coefficient (Wildman–Crippen LogP) is 5.18. The molecule has 4 rings (SSSR count). The van der Waals surface area contributed by atoms with Crippen LogP contribution in [0.1, 0.15) is 22.3 Å². The van der Waals surface area contributed by atoms with Crippen LogP contribution in [0.25, 0.3) is 0 Å². The number of hydrogen-bond donors (Lipinski definition) is 3. The van der Waals surface area contributed by atoms with Crippen molar-refractivity contribution in [2.24, 2.45) is 0 Å². The zero-order chi connectivity index (χ0) is 28.0. The zero-order valence-electron chi connectivity index (χ0n) is 20.0. The van der Waals surface area contributed by atoms with E-state index in [-0.39, 0.29) is 30.2 Å². The van der Waals surface area contributed by atoms with Crippen molar-refractivity contribution in [3.8, 4) is 11.5 Å². The standard InChI is InChI=1S/C25H21F5N4O5/c26-24(27,28)23(36)37-11-3-9-31-21-12-15(8-10-32-21)14-33-18-5-2-1-4-17(18)22(35)34-16-6-7-19-20(13-16)39-25(29,30)38-19/h1-2,4-8,10,12-13,33H,3,9,11,14H2,(H,31,32)(H,34,35). The average molecular weight is 552 g/mol. The van der Waals surface area contributed by atoms with E-state index in [1.165, 1.54) is 24.4 Å². The van der Waals surface area contributed by atoms with Gasteiger partial charge in [0.25, 0.3) is 5.91 Å². The molecule has 1 amide bonds. The van der Waals surface area contributed by atoms with Crippen LogP contribution in [0, 0.1) is 0 Å². The smallest absolute Gasteiger partial charge is 0.459 e. The molecule has 0 fully saturated rings. The molecule has 39 heavy (non-hydrogen) atoms. The number of anilines is 3. The van der Waals surface area contributed by atoms with Crippen LogP contribution in [-0.4, -0.2) is 42.5 Å². The van der Waals surface area contributed by atoms with Crippen molar-refractivity contribution in [3.63, 3.8) is 0 Å². The van der Waals surface area contributed by atoms with Crippen LogP contribution in [-0.2, 0) is 16.1 Å². The molecule has 0 aliphatic carbocycles. The van der Waals surface area contributed by atoms with E-state index in [9.17, 15) is 31.5 Å². The number of benzene rings is 2. The van der Waals surface area contributed by atoms with E-state index >= 15 is 0 Å². The Labute approximate surface area is 218 Å². The van der Waals surface area contributed by atoms with Gasteiger partial charge in [-0.25, -0.2) is 9.78 Å². The number of hydrogen-bond acceptors (Lipinski definition) is 8. The maximum atomic E-state index is 13.3. The fourth-order valence-electron chi connectivity index (χ4n) is 3.47. The number of nitrogens with one attached hydrogen (secondary N) is 3. The summed E-state index contributed by atoms with van der Waals surface area (Å²) >= 11 is 0. The van der Waals surface area contributed by atoms with Crippen LogP contribution in [0.5, 0.6) is 11.5 Å². The minimum atomic E-state index is -5.03. The highest BCUT2D eigenvalue weighted by Crippen LogP contribution is 2.42. The lowest BCUT2D eigenvalue weighted by Gasteiger charge is -2.13. The van der Waals surface area contributed by atoms with Crippen molar-refractivity contribution in [1.82, 2.24) is 4.98 Å². The van der Waals surface area contributed by atoms with Crippen LogP contribution in [0.3, 0.4) is 0 Å². The third kappa shape index (κ3) is 7.46. The van der Waals surface area contributed by atoms with Gasteiger partial charge in [-0.05, 0) is 48.4 Å². The van der Waals surface area contributed by atoms with E-state index in [1.807, 2.05) is 0 Å². The highest BCUT2D eigenvalue weighted by atomic mass is 19.4. The number of esters is 1. The molecule has 1 aliphatic rings. The lowest BCUT2D eigenvalue weighted by atomic mass is 10.1. The summed E-state index contributed by atoms with van der Waals surface area (Å²) in [5.41, 5.74) is 1.80. The van der Waals surface area contributed by atoms with Gasteiger partial charge in [0, 0.05) is 36.7 Å². The Hall–Kier alpha value is -4.62. The van der Waals surface area contributed by atoms with Crippen molar-refractivity contribution < 1.29 is 45.8 Å². The molecule has 206 valence electrons. The van der Waals surface area contributed by atoms with Crippen molar-refractivity contribution >= 4 is 29.1 Å². The minimum Gasteiger partial charge on any atom is -0.459 e. The Bertz CT molecular complexity index is 1350. The molecule has 0 bridgehead atoms. The van der Waals surface area contributed by atoms with Crippen LogP contribution in [0.15, 0.2) is 60.8 Å². The molecule has 0 radical (unpaired) electrons. The molecule has 0 spiro atoms. The van der Waals surface area contributed by atoms with E-state index in [0.29, 0.717) is 23.6 Å². The molecule has 2 heterocycles. The number of nitrogens with zero attached hydrogens (tertiary/aromatic N) is 1. The molecular weight excluding hydrogens is 531 g/mol. The van der Waals surface area contributed by atoms with E-state index in [0.717, 1.165) is 5.56 Å². The first-order valence-corrected chi connectivity index (χ1v) is 11.5. The summed E-state index contributed by atoms with van der Waals surface area (Å²) in [5.74, 6) is -2.61. The monoisotopic (exact) mass is 552 g/mol. The van der Waals surface area contributed by atoms with Gasteiger partial charge in [0.2, 0.25) is 0 Å². The average Bonchev–Trinajstić information content (AvgIpc) is 3.20. The van der Waals surface area contributed by atoms with Crippen LogP contribution in [0.4, 0.5) is 39.1 Å². The van der Waals surface area contributed by atoms with Gasteiger partial charge in [0.1, 0.15) is 5.82 Å². The molecule has 3 N–H and O–H groups in total. The summed E-state index contributed by atoms with van der Waals surface area (Å²) in [4.78, 5) is 27.8. The van der Waals surface area contributed by atoms with E-state index in [2.05, 4.69) is 35.1 Å². The van der Waals surface area contributed by atoms with Crippen LogP contribution >= 0.6 is 0 Å². The minimum absolute atomic E-state index is 0.139. The van der Waals surface area contributed by atoms with Gasteiger partial charge in [0.05, 0.1) is 12.2 Å². The van der Waals surface area contributed by atoms with Gasteiger partial charge >= 0.3 is 18.4 Å². The van der Waals surface area contributed by atoms with E-state index < -0.39 is 31.0 Å². The number of halogens is 5. The van der Waals surface area contributed by atoms with Gasteiger partial charge in [-0.1, -0.05) is 12.1 Å². The molecule has 1 aliphatic heterocycles. The maximum Gasteiger partial charge on any atom is 0.586 e. The highest BCUT2D eigenvalue weighted by Gasteiger charge is 2.43. The van der Waals surface area contributed by atoms with Crippen molar-refractivity contribution in [2.45, 2.75) is 25.4 Å². The fourth-order valence-corrected chi connectivity index (χ4v) is 3.47. The Kier molecular flexibility index (Phi) is 8.02. The Morgan fingerprint density at radius 1 is 0.974 bits per heavy atom. The van der Waals surface area contributed by atoms with Crippen molar-refractivity contribution in [1.29, 1.82) is 0 Å². The van der Waals surface area contributed by atoms with Crippen LogP contribution in [0.2, 0.25) is 0 Å². The van der Waals surface area contributed by atoms with Gasteiger partial charge in [-0.3, -0.25) is 4.79 Å². The molecule has 3 aromatic rings. The molecule has 0 atom stereocenters. The first-order valence-electron chi connectivity index (χ1n) is 11.5. The summed E-state index contributed by atoms with van der Waals surface area (Å²) < 4.78 is 75.8. The number of carbonyl (C=O) groups excluding carboxylic acids is 2. The van der Waals surface area contributed by atoms with Gasteiger partial charge < -0.3 is 30.2 Å². The fraction of sp³-hybridized carbons (Fsp3) is 0.240. The number of amides is 1. The van der Waals surface area contributed by atoms with Crippen LogP contribution < -0.4 is 25.4 Å². The molecule has 14 heteroatoms. The number of fused-ring (bicyclic) bond motifs is 1. The summed E-state index contributed by atoms with van der Waals surface area (Å²) in [5, 5.41) is 8.73. The molecular formula is C25H21F5N4O5. The largest absolute Gasteiger partial charge is 0.586 e. The first kappa shape index (κ1) is 27.4. The highest BCUT2D eigenvalue weighted by molar-refractivity contribution is 6.08. The van der Waals surface area contributed by atoms with Gasteiger partial charge in [-0.15, -0.1) is 8.78 Å². The number of rotatable bonds is 10. The maximum absolute atomic E-state index is 13.3. The summed E-state index contributed by atoms with van der Waals surface area (Å²) in [6.07, 6.45) is -7.12. The molecule has 1 aromatic heterocycles. The number of pyridine rings is 1. The zero-order valence-corrected chi connectivity index (χ0v) is 20.0. The predicted molar refractivity (Wildman–Crippen MR) is 129 cm³/mol. The number of aromatic nitrogens is 1. The second-order valence-electron chi connectivity index (χ2n) is 8.15. The van der Waals surface area contributed by atoms with Gasteiger partial charge in [-0.2, -0.15) is 13.2 Å². The number of ether oxygens (including phenoxy) is 3. The molecule has 2 aromatic carbocycles. The normalized spacial score (nSPS) is 13.5. The number of para-hydroxylation sites is 1. The first-order chi connectivity index (χ1) is 18.5. The summed E-state index contributed by atoms with van der Waals surface area (Å²) in [7, 11) is 0. The Balaban J connectivity index is 1.31. The topological polar surface area (TPSA) is 111 Å². The molecule has 0 unspecified atom stereocenters. The van der Waals surface area contributed by atoms with E-state index in [1.54, 1.807) is 36.4 Å². The third-order valence-electron chi connectivity index (χ3n) is 5.23. The van der Waals surface area contributed by atoms with Gasteiger partial charge in [0.15, 0.2) is 11.5 Å². The van der Waals surface area contributed by atoms with Crippen molar-refractivity contribution in [2.75, 3.05) is 29.1 Å². The Morgan fingerprint density at radius 3 is 2.54 bits per heavy atom. The summed E-state index contributed by atoms with van der Waals surface area (Å²) in [6, 6.07) is 14.0. The number of alkyl halides is 5. The lowest BCUT2D eigenvalue weighted by molar-refractivity contribution is -0.286. The molecule has 0 saturated heterocycles. The van der Waals surface area contributed by atoms with E-state index in [4.69, 9.17) is 0 Å². The SMILES string of the molecule is O=C(Nc1ccc2c(c1)OC(F)(F)O2)c1ccccc1NCc1ccnc(NCCCOC(=O)C(F)(F)F)c1. The summed E-state index contributed by atoms with van der Waals surface area (Å²) in [6.45, 7) is 0.115. The third-order valence-corrected chi connectivity index (χ3v) is 5.23. The molecule has 9 nitrogen and oxygen atoms in total. The second-order valence-corrected chi connectivity index (χ2v) is 8.15.